The second-order valence-corrected chi connectivity index (χ2v) is 7.83. The zero-order valence-electron chi connectivity index (χ0n) is 15.1. The summed E-state index contributed by atoms with van der Waals surface area (Å²) in [6, 6.07) is 21.9. The summed E-state index contributed by atoms with van der Waals surface area (Å²) in [6.07, 6.45) is 0. The van der Waals surface area contributed by atoms with E-state index in [2.05, 4.69) is 0 Å². The van der Waals surface area contributed by atoms with Gasteiger partial charge < -0.3 is 0 Å². The number of hydrogen-bond acceptors (Lipinski definition) is 3. The van der Waals surface area contributed by atoms with Gasteiger partial charge in [0.1, 0.15) is 5.82 Å². The Morgan fingerprint density at radius 2 is 1.59 bits per heavy atom. The fourth-order valence-electron chi connectivity index (χ4n) is 3.09. The number of carbonyl (C=O) groups excluding carboxylic acids is 2. The van der Waals surface area contributed by atoms with E-state index < -0.39 is 17.6 Å². The predicted octanol–water partition coefficient (Wildman–Crippen LogP) is 5.70. The maximum absolute atomic E-state index is 13.7. The van der Waals surface area contributed by atoms with E-state index in [1.807, 2.05) is 30.3 Å². The first-order valence-corrected chi connectivity index (χ1v) is 10.2. The van der Waals surface area contributed by atoms with Crippen LogP contribution in [0.1, 0.15) is 11.1 Å². The summed E-state index contributed by atoms with van der Waals surface area (Å²) < 4.78 is 13.7. The number of anilines is 1. The Balaban J connectivity index is 1.75. The minimum atomic E-state index is -0.512. The summed E-state index contributed by atoms with van der Waals surface area (Å²) in [7, 11) is 0. The summed E-state index contributed by atoms with van der Waals surface area (Å²) in [5.74, 6) is -0.907. The number of rotatable bonds is 5. The Morgan fingerprint density at radius 1 is 0.862 bits per heavy atom. The van der Waals surface area contributed by atoms with Crippen LogP contribution in [0.4, 0.5) is 10.1 Å². The van der Waals surface area contributed by atoms with Gasteiger partial charge in [-0.05, 0) is 41.5 Å². The van der Waals surface area contributed by atoms with Crippen LogP contribution in [0, 0.1) is 5.82 Å². The minimum Gasteiger partial charge on any atom is -0.268 e. The molecule has 0 radical (unpaired) electrons. The first-order chi connectivity index (χ1) is 14.0. The summed E-state index contributed by atoms with van der Waals surface area (Å²) in [6.45, 7) is 0. The van der Waals surface area contributed by atoms with Gasteiger partial charge in [-0.1, -0.05) is 60.1 Å². The highest BCUT2D eigenvalue weighted by atomic mass is 35.5. The molecule has 1 aliphatic rings. The Bertz CT molecular complexity index is 1110. The molecule has 3 aromatic carbocycles. The molecule has 1 aliphatic heterocycles. The lowest BCUT2D eigenvalue weighted by Gasteiger charge is -2.15. The number of imide groups is 1. The molecule has 0 unspecified atom stereocenters. The standard InChI is InChI=1S/C23H15ClFNO2S/c24-17-11-9-16(10-12-17)20-21(29-14-15-5-2-1-3-6-15)23(28)26(22(20)27)19-8-4-7-18(25)13-19/h1-13H,14H2. The lowest BCUT2D eigenvalue weighted by Crippen LogP contribution is -2.31. The molecule has 29 heavy (non-hydrogen) atoms. The van der Waals surface area contributed by atoms with E-state index in [9.17, 15) is 14.0 Å². The van der Waals surface area contributed by atoms with Gasteiger partial charge in [0.15, 0.2) is 0 Å². The molecule has 6 heteroatoms. The van der Waals surface area contributed by atoms with Gasteiger partial charge in [0.2, 0.25) is 0 Å². The van der Waals surface area contributed by atoms with Crippen molar-refractivity contribution in [2.75, 3.05) is 4.90 Å². The average Bonchev–Trinajstić information content (AvgIpc) is 2.97. The molecule has 0 bridgehead atoms. The Morgan fingerprint density at radius 3 is 2.28 bits per heavy atom. The van der Waals surface area contributed by atoms with Crippen molar-refractivity contribution >= 4 is 46.4 Å². The number of halogens is 2. The van der Waals surface area contributed by atoms with E-state index in [1.165, 1.54) is 30.0 Å². The first kappa shape index (κ1) is 19.4. The van der Waals surface area contributed by atoms with Gasteiger partial charge in [-0.25, -0.2) is 9.29 Å². The number of nitrogens with zero attached hydrogens (tertiary/aromatic N) is 1. The number of thioether (sulfide) groups is 1. The molecule has 1 heterocycles. The van der Waals surface area contributed by atoms with Crippen LogP contribution in [0.2, 0.25) is 5.02 Å². The summed E-state index contributed by atoms with van der Waals surface area (Å²) in [5.41, 5.74) is 2.14. The maximum Gasteiger partial charge on any atom is 0.272 e. The highest BCUT2D eigenvalue weighted by molar-refractivity contribution is 8.03. The van der Waals surface area contributed by atoms with Crippen molar-refractivity contribution in [1.82, 2.24) is 0 Å². The molecular weight excluding hydrogens is 409 g/mol. The molecule has 0 N–H and O–H groups in total. The van der Waals surface area contributed by atoms with Crippen molar-refractivity contribution in [3.8, 4) is 0 Å². The predicted molar refractivity (Wildman–Crippen MR) is 115 cm³/mol. The topological polar surface area (TPSA) is 37.4 Å². The van der Waals surface area contributed by atoms with Gasteiger partial charge in [-0.3, -0.25) is 9.59 Å². The van der Waals surface area contributed by atoms with Gasteiger partial charge in [0.05, 0.1) is 16.2 Å². The fraction of sp³-hybridized carbons (Fsp3) is 0.0435. The second kappa shape index (κ2) is 8.23. The lowest BCUT2D eigenvalue weighted by atomic mass is 10.1. The van der Waals surface area contributed by atoms with Crippen molar-refractivity contribution in [3.63, 3.8) is 0 Å². The van der Waals surface area contributed by atoms with Crippen LogP contribution < -0.4 is 4.90 Å². The zero-order valence-corrected chi connectivity index (χ0v) is 16.7. The van der Waals surface area contributed by atoms with Crippen LogP contribution in [-0.2, 0) is 15.3 Å². The molecule has 144 valence electrons. The molecule has 0 saturated carbocycles. The molecule has 3 nitrogen and oxygen atoms in total. The Hall–Kier alpha value is -2.89. The highest BCUT2D eigenvalue weighted by Crippen LogP contribution is 2.39. The fourth-order valence-corrected chi connectivity index (χ4v) is 4.29. The molecule has 0 saturated heterocycles. The van der Waals surface area contributed by atoms with Crippen molar-refractivity contribution in [2.24, 2.45) is 0 Å². The normalized spacial score (nSPS) is 14.1. The van der Waals surface area contributed by atoms with Crippen LogP contribution in [-0.4, -0.2) is 11.8 Å². The Labute approximate surface area is 176 Å². The van der Waals surface area contributed by atoms with Gasteiger partial charge in [0, 0.05) is 10.8 Å². The van der Waals surface area contributed by atoms with Gasteiger partial charge >= 0.3 is 0 Å². The van der Waals surface area contributed by atoms with Crippen molar-refractivity contribution < 1.29 is 14.0 Å². The second-order valence-electron chi connectivity index (χ2n) is 6.41. The minimum absolute atomic E-state index is 0.210. The Kier molecular flexibility index (Phi) is 5.51. The summed E-state index contributed by atoms with van der Waals surface area (Å²) in [5, 5.41) is 0.534. The smallest absolute Gasteiger partial charge is 0.268 e. The van der Waals surface area contributed by atoms with Crippen LogP contribution in [0.25, 0.3) is 5.57 Å². The highest BCUT2D eigenvalue weighted by Gasteiger charge is 2.40. The molecule has 0 aliphatic carbocycles. The molecule has 0 atom stereocenters. The van der Waals surface area contributed by atoms with Crippen molar-refractivity contribution in [2.45, 2.75) is 5.75 Å². The number of hydrogen-bond donors (Lipinski definition) is 0. The maximum atomic E-state index is 13.7. The molecule has 0 spiro atoms. The van der Waals surface area contributed by atoms with E-state index in [4.69, 9.17) is 11.6 Å². The van der Waals surface area contributed by atoms with E-state index in [-0.39, 0.29) is 5.69 Å². The van der Waals surface area contributed by atoms with Crippen LogP contribution >= 0.6 is 23.4 Å². The van der Waals surface area contributed by atoms with E-state index in [0.29, 0.717) is 26.8 Å². The van der Waals surface area contributed by atoms with Crippen LogP contribution in [0.15, 0.2) is 83.8 Å². The molecule has 4 rings (SSSR count). The molecule has 0 aromatic heterocycles. The number of benzene rings is 3. The van der Waals surface area contributed by atoms with Crippen molar-refractivity contribution in [3.05, 3.63) is 106 Å². The van der Waals surface area contributed by atoms with Gasteiger partial charge in [-0.15, -0.1) is 11.8 Å². The molecular formula is C23H15ClFNO2S. The largest absolute Gasteiger partial charge is 0.272 e. The zero-order chi connectivity index (χ0) is 20.4. The summed E-state index contributed by atoms with van der Waals surface area (Å²) >= 11 is 7.28. The monoisotopic (exact) mass is 423 g/mol. The van der Waals surface area contributed by atoms with Crippen LogP contribution in [0.5, 0.6) is 0 Å². The third-order valence-electron chi connectivity index (χ3n) is 4.47. The first-order valence-electron chi connectivity index (χ1n) is 8.86. The van der Waals surface area contributed by atoms with Gasteiger partial charge in [-0.2, -0.15) is 0 Å². The SMILES string of the molecule is O=C1C(SCc2ccccc2)=C(c2ccc(Cl)cc2)C(=O)N1c1cccc(F)c1. The van der Waals surface area contributed by atoms with Gasteiger partial charge in [0.25, 0.3) is 11.8 Å². The van der Waals surface area contributed by atoms with E-state index in [0.717, 1.165) is 10.5 Å². The quantitative estimate of drug-likeness (QED) is 0.494. The van der Waals surface area contributed by atoms with Crippen LogP contribution in [0.3, 0.4) is 0 Å². The average molecular weight is 424 g/mol. The molecule has 3 aromatic rings. The molecule has 2 amide bonds. The molecule has 0 fully saturated rings. The third-order valence-corrected chi connectivity index (χ3v) is 5.86. The van der Waals surface area contributed by atoms with E-state index >= 15 is 0 Å². The number of carbonyl (C=O) groups is 2. The number of amides is 2. The van der Waals surface area contributed by atoms with E-state index in [1.54, 1.807) is 30.3 Å². The lowest BCUT2D eigenvalue weighted by molar-refractivity contribution is -0.119. The third kappa shape index (κ3) is 3.97. The van der Waals surface area contributed by atoms with Crippen molar-refractivity contribution in [1.29, 1.82) is 0 Å². The summed E-state index contributed by atoms with van der Waals surface area (Å²) in [4.78, 5) is 27.8.